The van der Waals surface area contributed by atoms with E-state index in [1.54, 1.807) is 12.1 Å². The van der Waals surface area contributed by atoms with Crippen LogP contribution in [0.4, 0.5) is 11.4 Å². The molecule has 3 rings (SSSR count). The number of anilines is 2. The minimum Gasteiger partial charge on any atom is -0.496 e. The third-order valence-corrected chi connectivity index (χ3v) is 5.08. The van der Waals surface area contributed by atoms with Crippen molar-refractivity contribution in [3.63, 3.8) is 0 Å². The summed E-state index contributed by atoms with van der Waals surface area (Å²) < 4.78 is 5.27. The minimum atomic E-state index is -0.247. The highest BCUT2D eigenvalue weighted by Gasteiger charge is 2.19. The Kier molecular flexibility index (Phi) is 9.21. The smallest absolute Gasteiger partial charge is 0.255 e. The summed E-state index contributed by atoms with van der Waals surface area (Å²) in [4.78, 5) is 15.1. The zero-order valence-electron chi connectivity index (χ0n) is 15.9. The summed E-state index contributed by atoms with van der Waals surface area (Å²) >= 11 is 6.07. The molecule has 0 aliphatic carbocycles. The van der Waals surface area contributed by atoms with E-state index in [0.29, 0.717) is 22.0 Å². The maximum atomic E-state index is 12.7. The van der Waals surface area contributed by atoms with Crippen molar-refractivity contribution in [3.8, 4) is 5.75 Å². The van der Waals surface area contributed by atoms with Gasteiger partial charge < -0.3 is 20.7 Å². The van der Waals surface area contributed by atoms with Gasteiger partial charge in [-0.25, -0.2) is 0 Å². The van der Waals surface area contributed by atoms with E-state index in [1.165, 1.54) is 25.6 Å². The highest BCUT2D eigenvalue weighted by Crippen LogP contribution is 2.30. The first-order valence-corrected chi connectivity index (χ1v) is 9.16. The lowest BCUT2D eigenvalue weighted by Crippen LogP contribution is -2.27. The zero-order valence-corrected chi connectivity index (χ0v) is 18.3. The Morgan fingerprint density at radius 1 is 1.21 bits per heavy atom. The predicted molar refractivity (Wildman–Crippen MR) is 121 cm³/mol. The summed E-state index contributed by atoms with van der Waals surface area (Å²) in [6.07, 6.45) is 2.46. The Labute approximate surface area is 183 Å². The molecule has 1 unspecified atom stereocenters. The van der Waals surface area contributed by atoms with Crippen LogP contribution in [0.3, 0.4) is 0 Å². The summed E-state index contributed by atoms with van der Waals surface area (Å²) in [6, 6.07) is 11.3. The Bertz CT molecular complexity index is 811. The first kappa shape index (κ1) is 24.2. The molecule has 0 spiro atoms. The Morgan fingerprint density at radius 3 is 2.54 bits per heavy atom. The van der Waals surface area contributed by atoms with Crippen molar-refractivity contribution in [2.45, 2.75) is 25.8 Å². The lowest BCUT2D eigenvalue weighted by molar-refractivity contribution is 0.0937. The van der Waals surface area contributed by atoms with Gasteiger partial charge in [-0.3, -0.25) is 4.79 Å². The second-order valence-electron chi connectivity index (χ2n) is 6.56. The fraction of sp³-hybridized carbons (Fsp3) is 0.350. The average Bonchev–Trinajstić information content (AvgIpc) is 3.18. The first-order valence-electron chi connectivity index (χ1n) is 8.78. The molecule has 0 saturated carbocycles. The maximum Gasteiger partial charge on any atom is 0.255 e. The first-order chi connectivity index (χ1) is 12.5. The van der Waals surface area contributed by atoms with E-state index < -0.39 is 0 Å². The minimum absolute atomic E-state index is 0. The van der Waals surface area contributed by atoms with E-state index in [9.17, 15) is 4.79 Å². The van der Waals surface area contributed by atoms with Gasteiger partial charge in [0.1, 0.15) is 5.75 Å². The lowest BCUT2D eigenvalue weighted by Gasteiger charge is -2.21. The standard InChI is InChI=1S/C20H24ClN3O2.2ClH/c1-13(14-6-5-7-15(10-14)24-8-3-4-9-24)23-20(25)16-11-17(21)18(22)12-19(16)26-2;;/h5-7,10-13H,3-4,8-9,22H2,1-2H3,(H,23,25);2*1H. The Hall–Kier alpha value is -1.82. The third-order valence-electron chi connectivity index (χ3n) is 4.75. The number of carbonyl (C=O) groups excluding carboxylic acids is 1. The van der Waals surface area contributed by atoms with Crippen molar-refractivity contribution in [2.75, 3.05) is 30.8 Å². The molecule has 1 aliphatic rings. The summed E-state index contributed by atoms with van der Waals surface area (Å²) in [5.74, 6) is 0.158. The van der Waals surface area contributed by atoms with E-state index in [0.717, 1.165) is 18.7 Å². The topological polar surface area (TPSA) is 67.6 Å². The fourth-order valence-corrected chi connectivity index (χ4v) is 3.40. The van der Waals surface area contributed by atoms with Crippen molar-refractivity contribution < 1.29 is 9.53 Å². The molecule has 154 valence electrons. The van der Waals surface area contributed by atoms with Crippen molar-refractivity contribution in [1.82, 2.24) is 5.32 Å². The quantitative estimate of drug-likeness (QED) is 0.643. The largest absolute Gasteiger partial charge is 0.496 e. The number of nitrogens with one attached hydrogen (secondary N) is 1. The molecule has 0 bridgehead atoms. The van der Waals surface area contributed by atoms with Crippen molar-refractivity contribution in [2.24, 2.45) is 0 Å². The summed E-state index contributed by atoms with van der Waals surface area (Å²) in [6.45, 7) is 4.14. The van der Waals surface area contributed by atoms with E-state index in [4.69, 9.17) is 22.1 Å². The number of hydrogen-bond acceptors (Lipinski definition) is 4. The molecule has 8 heteroatoms. The van der Waals surface area contributed by atoms with Crippen molar-refractivity contribution >= 4 is 53.7 Å². The second-order valence-corrected chi connectivity index (χ2v) is 6.97. The zero-order chi connectivity index (χ0) is 18.7. The molecule has 1 fully saturated rings. The lowest BCUT2D eigenvalue weighted by atomic mass is 10.1. The number of amides is 1. The van der Waals surface area contributed by atoms with Gasteiger partial charge in [-0.05, 0) is 43.5 Å². The van der Waals surface area contributed by atoms with Crippen LogP contribution in [0.5, 0.6) is 5.75 Å². The van der Waals surface area contributed by atoms with E-state index in [1.807, 2.05) is 19.1 Å². The molecule has 0 aromatic heterocycles. The second kappa shape index (κ2) is 10.6. The predicted octanol–water partition coefficient (Wildman–Crippen LogP) is 4.87. The van der Waals surface area contributed by atoms with Gasteiger partial charge in [-0.15, -0.1) is 24.8 Å². The van der Waals surface area contributed by atoms with Gasteiger partial charge in [0, 0.05) is 24.8 Å². The summed E-state index contributed by atoms with van der Waals surface area (Å²) in [5.41, 5.74) is 8.80. The van der Waals surface area contributed by atoms with Gasteiger partial charge in [0.2, 0.25) is 0 Å². The number of nitrogens with two attached hydrogens (primary N) is 1. The molecule has 28 heavy (non-hydrogen) atoms. The van der Waals surface area contributed by atoms with Gasteiger partial charge in [0.25, 0.3) is 5.91 Å². The normalized spacial score (nSPS) is 13.9. The number of nitrogens with zero attached hydrogens (tertiary/aromatic N) is 1. The molecular formula is C20H26Cl3N3O2. The molecule has 2 aromatic rings. The van der Waals surface area contributed by atoms with E-state index in [-0.39, 0.29) is 36.8 Å². The summed E-state index contributed by atoms with van der Waals surface area (Å²) in [7, 11) is 1.50. The van der Waals surface area contributed by atoms with Crippen LogP contribution >= 0.6 is 36.4 Å². The molecule has 1 saturated heterocycles. The number of methoxy groups -OCH3 is 1. The molecule has 0 radical (unpaired) electrons. The van der Waals surface area contributed by atoms with E-state index in [2.05, 4.69) is 22.3 Å². The molecule has 1 amide bonds. The number of carbonyl (C=O) groups is 1. The molecular weight excluding hydrogens is 421 g/mol. The van der Waals surface area contributed by atoms with Gasteiger partial charge in [-0.1, -0.05) is 23.7 Å². The number of benzene rings is 2. The van der Waals surface area contributed by atoms with Gasteiger partial charge >= 0.3 is 0 Å². The number of ether oxygens (including phenoxy) is 1. The van der Waals surface area contributed by atoms with Crippen LogP contribution in [0.1, 0.15) is 41.7 Å². The van der Waals surface area contributed by atoms with Crippen molar-refractivity contribution in [1.29, 1.82) is 0 Å². The van der Waals surface area contributed by atoms with Crippen LogP contribution in [0.15, 0.2) is 36.4 Å². The maximum absolute atomic E-state index is 12.7. The third kappa shape index (κ3) is 5.37. The fourth-order valence-electron chi connectivity index (χ4n) is 3.24. The number of nitrogen functional groups attached to an aromatic ring is 1. The molecule has 1 heterocycles. The molecule has 3 N–H and O–H groups in total. The Morgan fingerprint density at radius 2 is 1.89 bits per heavy atom. The van der Waals surface area contributed by atoms with Crippen LogP contribution in [0, 0.1) is 0 Å². The van der Waals surface area contributed by atoms with Crippen LogP contribution < -0.4 is 20.7 Å². The monoisotopic (exact) mass is 445 g/mol. The molecule has 1 atom stereocenters. The summed E-state index contributed by atoms with van der Waals surface area (Å²) in [5, 5.41) is 3.35. The number of hydrogen-bond donors (Lipinski definition) is 2. The van der Waals surface area contributed by atoms with Gasteiger partial charge in [0.05, 0.1) is 29.4 Å². The van der Waals surface area contributed by atoms with E-state index >= 15 is 0 Å². The average molecular weight is 447 g/mol. The number of halogens is 3. The molecule has 1 aliphatic heterocycles. The molecule has 2 aromatic carbocycles. The van der Waals surface area contributed by atoms with Gasteiger partial charge in [0.15, 0.2) is 0 Å². The van der Waals surface area contributed by atoms with Crippen LogP contribution in [0.2, 0.25) is 5.02 Å². The van der Waals surface area contributed by atoms with Crippen LogP contribution in [-0.4, -0.2) is 26.1 Å². The van der Waals surface area contributed by atoms with Gasteiger partial charge in [-0.2, -0.15) is 0 Å². The Balaban J connectivity index is 0.00000196. The highest BCUT2D eigenvalue weighted by atomic mass is 35.5. The molecule has 5 nitrogen and oxygen atoms in total. The van der Waals surface area contributed by atoms with Crippen LogP contribution in [0.25, 0.3) is 0 Å². The van der Waals surface area contributed by atoms with Crippen LogP contribution in [-0.2, 0) is 0 Å². The van der Waals surface area contributed by atoms with Crippen molar-refractivity contribution in [3.05, 3.63) is 52.5 Å². The SMILES string of the molecule is COc1cc(N)c(Cl)cc1C(=O)NC(C)c1cccc(N2CCCC2)c1.Cl.Cl. The number of rotatable bonds is 5. The highest BCUT2D eigenvalue weighted by molar-refractivity contribution is 6.33.